The Morgan fingerprint density at radius 3 is 1.94 bits per heavy atom. The Morgan fingerprint density at radius 2 is 1.32 bits per heavy atom. The Balaban J connectivity index is 1.44. The van der Waals surface area contributed by atoms with Crippen molar-refractivity contribution in [3.8, 4) is 11.8 Å². The lowest BCUT2D eigenvalue weighted by atomic mass is 9.81. The van der Waals surface area contributed by atoms with Gasteiger partial charge in [0, 0.05) is 66.0 Å². The molecule has 0 radical (unpaired) electrons. The highest BCUT2D eigenvalue weighted by Crippen LogP contribution is 2.49. The van der Waals surface area contributed by atoms with Crippen molar-refractivity contribution in [1.82, 2.24) is 4.73 Å². The normalized spacial score (nSPS) is 16.7. The van der Waals surface area contributed by atoms with Crippen LogP contribution in [0.3, 0.4) is 0 Å². The van der Waals surface area contributed by atoms with Gasteiger partial charge in [0.1, 0.15) is 6.54 Å². The summed E-state index contributed by atoms with van der Waals surface area (Å²) >= 11 is 0. The number of nitrogens with zero attached hydrogens (tertiary/aromatic N) is 3. The SMILES string of the molecule is CC1(C)C(=CC=C(C=CC2=[N+](CCCS(=O)(=O)O)c3ccc(S(=O)(=O)O)cc3C2(C)C)c2cccc(CCCCC(=O)On3c(O)ccc3O)c2)N(CCCS(=O)(=O)O)c2ccc(S(=O)(=O)O)cc21. The summed E-state index contributed by atoms with van der Waals surface area (Å²) in [6.45, 7) is 7.48. The van der Waals surface area contributed by atoms with E-state index in [4.69, 9.17) is 4.84 Å². The number of carbonyl (C=O) groups excluding carboxylic acids is 1. The van der Waals surface area contributed by atoms with Crippen molar-refractivity contribution in [3.05, 3.63) is 125 Å². The highest BCUT2D eigenvalue weighted by molar-refractivity contribution is 7.86. The molecular weight excluding hydrogens is 979 g/mol. The highest BCUT2D eigenvalue weighted by atomic mass is 32.2. The van der Waals surface area contributed by atoms with Crippen LogP contribution >= 0.6 is 0 Å². The third-order valence-electron chi connectivity index (χ3n) is 12.1. The molecule has 1 aromatic heterocycles. The number of allylic oxidation sites excluding steroid dienone is 6. The molecule has 3 aromatic carbocycles. The molecular formula is C46H54N3O16S4+. The predicted octanol–water partition coefficient (Wildman–Crippen LogP) is 6.01. The first kappa shape index (κ1) is 52.7. The first-order valence-electron chi connectivity index (χ1n) is 21.5. The quantitative estimate of drug-likeness (QED) is 0.0255. The zero-order chi connectivity index (χ0) is 50.9. The fourth-order valence-electron chi connectivity index (χ4n) is 8.66. The van der Waals surface area contributed by atoms with Crippen LogP contribution in [0.4, 0.5) is 11.4 Å². The van der Waals surface area contributed by atoms with Crippen LogP contribution in [0.2, 0.25) is 0 Å². The number of benzene rings is 3. The number of anilines is 1. The average molecular weight is 1030 g/mol. The van der Waals surface area contributed by atoms with Gasteiger partial charge in [-0.3, -0.25) is 18.2 Å². The summed E-state index contributed by atoms with van der Waals surface area (Å²) in [4.78, 5) is 18.7. The van der Waals surface area contributed by atoms with E-state index in [-0.39, 0.29) is 42.1 Å². The molecule has 4 aromatic rings. The molecule has 0 unspecified atom stereocenters. The third kappa shape index (κ3) is 12.6. The second kappa shape index (κ2) is 20.0. The van der Waals surface area contributed by atoms with E-state index in [0.717, 1.165) is 5.56 Å². The average Bonchev–Trinajstić information content (AvgIpc) is 3.75. The van der Waals surface area contributed by atoms with Gasteiger partial charge in [-0.1, -0.05) is 44.2 Å². The molecule has 0 atom stereocenters. The molecule has 6 N–H and O–H groups in total. The predicted molar refractivity (Wildman–Crippen MR) is 256 cm³/mol. The van der Waals surface area contributed by atoms with Crippen LogP contribution in [0.1, 0.15) is 82.1 Å². The third-order valence-corrected chi connectivity index (χ3v) is 15.4. The van der Waals surface area contributed by atoms with Crippen molar-refractivity contribution in [3.63, 3.8) is 0 Å². The van der Waals surface area contributed by atoms with Crippen LogP contribution < -0.4 is 9.74 Å². The van der Waals surface area contributed by atoms with Crippen molar-refractivity contribution >= 4 is 69.1 Å². The first-order chi connectivity index (χ1) is 32.0. The summed E-state index contributed by atoms with van der Waals surface area (Å²) in [6.07, 6.45) is 8.57. The maximum Gasteiger partial charge on any atom is 0.333 e. The van der Waals surface area contributed by atoms with Gasteiger partial charge in [-0.15, -0.1) is 4.73 Å². The second-order valence-corrected chi connectivity index (χ2v) is 23.7. The lowest BCUT2D eigenvalue weighted by Gasteiger charge is -2.27. The van der Waals surface area contributed by atoms with E-state index in [1.807, 2.05) is 61.4 Å². The Morgan fingerprint density at radius 1 is 0.710 bits per heavy atom. The number of aromatic nitrogens is 1. The van der Waals surface area contributed by atoms with Crippen LogP contribution in [0.5, 0.6) is 11.8 Å². The zero-order valence-electron chi connectivity index (χ0n) is 38.0. The smallest absolute Gasteiger partial charge is 0.333 e. The molecule has 0 saturated carbocycles. The van der Waals surface area contributed by atoms with Crippen molar-refractivity contribution in [1.29, 1.82) is 0 Å². The maximum atomic E-state index is 12.5. The van der Waals surface area contributed by atoms with Crippen LogP contribution in [0, 0.1) is 0 Å². The molecule has 0 saturated heterocycles. The standard InChI is InChI=1S/C46H53N3O16S4/c1-45(2)36-29-34(68(59,60)61)16-18-38(36)47(24-8-26-66(53,54)55)40(45)20-14-32(33-12-7-11-31(28-33)10-5-6-13-44(52)65-49-42(50)22-23-43(49)51)15-21-41-46(3,4)37-30-35(69(62,63)64)17-19-39(37)48(41)25-9-27-67(56,57)58/h7,11-12,14-23,28-30H,5-6,8-10,13,24-27H2,1-4H3,(H5-,50,51,53,54,55,56,57,58,59,60,61,62,63,64)/p+1. The fourth-order valence-corrected chi connectivity index (χ4v) is 10.7. The number of hydrogen-bond donors (Lipinski definition) is 6. The van der Waals surface area contributed by atoms with Crippen LogP contribution in [0.15, 0.2) is 113 Å². The Bertz CT molecular complexity index is 3240. The van der Waals surface area contributed by atoms with Gasteiger partial charge in [0.25, 0.3) is 40.5 Å². The van der Waals surface area contributed by atoms with Gasteiger partial charge in [0.05, 0.1) is 26.7 Å². The van der Waals surface area contributed by atoms with Crippen LogP contribution in [-0.2, 0) is 62.5 Å². The zero-order valence-corrected chi connectivity index (χ0v) is 41.3. The number of rotatable bonds is 20. The molecule has 0 amide bonds. The Labute approximate surface area is 401 Å². The topological polar surface area (TPSA) is 295 Å². The molecule has 2 aliphatic rings. The number of hydrogen-bond acceptors (Lipinski definition) is 13. The minimum absolute atomic E-state index is 0.0139. The molecule has 19 nitrogen and oxygen atoms in total. The van der Waals surface area contributed by atoms with Gasteiger partial charge < -0.3 is 20.0 Å². The fraction of sp³-hybridized carbons (Fsp3) is 0.348. The number of aromatic hydroxyl groups is 2. The minimum atomic E-state index is -4.62. The number of carbonyl (C=O) groups is 1. The number of fused-ring (bicyclic) bond motifs is 2. The second-order valence-electron chi connectivity index (χ2n) is 17.7. The van der Waals surface area contributed by atoms with E-state index < -0.39 is 80.5 Å². The van der Waals surface area contributed by atoms with Crippen molar-refractivity contribution < 1.29 is 76.3 Å². The van der Waals surface area contributed by atoms with E-state index in [2.05, 4.69) is 0 Å². The first-order valence-corrected chi connectivity index (χ1v) is 27.6. The van der Waals surface area contributed by atoms with Crippen molar-refractivity contribution in [2.45, 2.75) is 86.8 Å². The van der Waals surface area contributed by atoms with Crippen molar-refractivity contribution in [2.75, 3.05) is 29.5 Å². The van der Waals surface area contributed by atoms with Gasteiger partial charge in [-0.05, 0) is 104 Å². The Kier molecular flexibility index (Phi) is 15.3. The summed E-state index contributed by atoms with van der Waals surface area (Å²) in [6, 6.07) is 18.0. The monoisotopic (exact) mass is 1030 g/mol. The van der Waals surface area contributed by atoms with Crippen LogP contribution in [-0.4, -0.2) is 108 Å². The van der Waals surface area contributed by atoms with E-state index in [1.165, 1.54) is 48.5 Å². The molecule has 372 valence electrons. The molecule has 23 heteroatoms. The molecule has 0 fully saturated rings. The summed E-state index contributed by atoms with van der Waals surface area (Å²) in [5, 5.41) is 19.6. The summed E-state index contributed by atoms with van der Waals surface area (Å²) in [5.74, 6) is -2.69. The summed E-state index contributed by atoms with van der Waals surface area (Å²) in [5.41, 5.74) is 3.58. The largest absolute Gasteiger partial charge is 0.492 e. The number of aryl methyl sites for hydroxylation is 1. The van der Waals surface area contributed by atoms with E-state index in [1.54, 1.807) is 24.3 Å². The molecule has 6 rings (SSSR count). The molecule has 3 heterocycles. The van der Waals surface area contributed by atoms with Gasteiger partial charge in [-0.25, -0.2) is 4.79 Å². The molecule has 0 aliphatic carbocycles. The highest BCUT2D eigenvalue weighted by Gasteiger charge is 2.45. The molecule has 0 bridgehead atoms. The maximum absolute atomic E-state index is 12.5. The molecule has 0 spiro atoms. The Hall–Kier alpha value is -5.66. The van der Waals surface area contributed by atoms with E-state index in [0.29, 0.717) is 69.0 Å². The van der Waals surface area contributed by atoms with Crippen molar-refractivity contribution in [2.24, 2.45) is 0 Å². The van der Waals surface area contributed by atoms with Crippen LogP contribution in [0.25, 0.3) is 5.57 Å². The van der Waals surface area contributed by atoms with Gasteiger partial charge in [0.15, 0.2) is 5.71 Å². The lowest BCUT2D eigenvalue weighted by molar-refractivity contribution is -0.437. The minimum Gasteiger partial charge on any atom is -0.492 e. The van der Waals surface area contributed by atoms with Gasteiger partial charge in [-0.2, -0.15) is 38.2 Å². The molecule has 69 heavy (non-hydrogen) atoms. The lowest BCUT2D eigenvalue weighted by Crippen LogP contribution is -2.28. The summed E-state index contributed by atoms with van der Waals surface area (Å²) < 4.78 is 138. The van der Waals surface area contributed by atoms with E-state index >= 15 is 0 Å². The summed E-state index contributed by atoms with van der Waals surface area (Å²) in [7, 11) is -17.9. The molecule has 2 aliphatic heterocycles. The van der Waals surface area contributed by atoms with Gasteiger partial charge >= 0.3 is 5.97 Å². The van der Waals surface area contributed by atoms with E-state index in [9.17, 15) is 66.9 Å². The number of unbranched alkanes of at least 4 members (excludes halogenated alkanes) is 1. The van der Waals surface area contributed by atoms with Gasteiger partial charge in [0.2, 0.25) is 17.4 Å².